The minimum Gasteiger partial charge on any atom is -0.462 e. The van der Waals surface area contributed by atoms with Crippen LogP contribution in [0, 0.1) is 23.7 Å². The number of unbranched alkanes of at least 4 members (excludes halogenated alkanes) is 52. The van der Waals surface area contributed by atoms with Crippen molar-refractivity contribution in [3.8, 4) is 0 Å². The first-order chi connectivity index (χ1) is 52.1. The standard InChI is InChI=1S/C89H174O17P2/c1-79(2)65-57-49-41-33-26-20-14-11-9-10-12-16-24-30-38-47-55-63-71-88(93)105-84(75-99-86(91)69-61-53-45-37-29-23-17-13-15-21-27-34-42-50-58-66-80(3)4)77-103-107(95,96)101-73-83(90)74-102-108(97,98)104-78-85(76-100-87(92)70-62-54-46-40-32-36-44-52-60-68-82(7)8)106-89(94)72-64-56-48-39-31-25-19-18-22-28-35-43-51-59-67-81(5)6/h79-85,90H,9-78H2,1-8H3,(H,95,96)(H,97,98)/t83-,84-,85-/m1/s1. The molecule has 0 bridgehead atoms. The lowest BCUT2D eigenvalue weighted by molar-refractivity contribution is -0.161. The molecule has 0 aromatic heterocycles. The highest BCUT2D eigenvalue weighted by Crippen LogP contribution is 2.45. The third-order valence-corrected chi connectivity index (χ3v) is 22.7. The Morgan fingerprint density at radius 3 is 0.574 bits per heavy atom. The number of esters is 4. The molecule has 0 fully saturated rings. The van der Waals surface area contributed by atoms with Crippen LogP contribution >= 0.6 is 15.6 Å². The van der Waals surface area contributed by atoms with Crippen molar-refractivity contribution in [2.45, 2.75) is 485 Å². The van der Waals surface area contributed by atoms with Gasteiger partial charge < -0.3 is 33.8 Å². The summed E-state index contributed by atoms with van der Waals surface area (Å²) in [4.78, 5) is 73.4. The van der Waals surface area contributed by atoms with E-state index >= 15 is 0 Å². The summed E-state index contributed by atoms with van der Waals surface area (Å²) in [7, 11) is -9.94. The zero-order chi connectivity index (χ0) is 79.5. The zero-order valence-electron chi connectivity index (χ0n) is 71.5. The lowest BCUT2D eigenvalue weighted by atomic mass is 10.0. The second-order valence-electron chi connectivity index (χ2n) is 33.9. The molecule has 0 saturated carbocycles. The van der Waals surface area contributed by atoms with Gasteiger partial charge in [0.25, 0.3) is 0 Å². The van der Waals surface area contributed by atoms with Gasteiger partial charge in [0.15, 0.2) is 12.2 Å². The molecule has 0 radical (unpaired) electrons. The van der Waals surface area contributed by atoms with Crippen LogP contribution in [0.5, 0.6) is 0 Å². The minimum absolute atomic E-state index is 0.107. The summed E-state index contributed by atoms with van der Waals surface area (Å²) >= 11 is 0. The van der Waals surface area contributed by atoms with Gasteiger partial charge in [-0.25, -0.2) is 9.13 Å². The van der Waals surface area contributed by atoms with Gasteiger partial charge in [-0.1, -0.05) is 415 Å². The Morgan fingerprint density at radius 1 is 0.231 bits per heavy atom. The van der Waals surface area contributed by atoms with E-state index in [9.17, 15) is 43.2 Å². The fraction of sp³-hybridized carbons (Fsp3) is 0.955. The number of rotatable bonds is 86. The summed E-state index contributed by atoms with van der Waals surface area (Å²) in [6.07, 6.45) is 68.0. The lowest BCUT2D eigenvalue weighted by Gasteiger charge is -2.21. The Balaban J connectivity index is 5.26. The maximum Gasteiger partial charge on any atom is 0.472 e. The van der Waals surface area contributed by atoms with Gasteiger partial charge in [-0.15, -0.1) is 0 Å². The van der Waals surface area contributed by atoms with Gasteiger partial charge >= 0.3 is 39.5 Å². The summed E-state index contributed by atoms with van der Waals surface area (Å²) in [5.41, 5.74) is 0. The second-order valence-corrected chi connectivity index (χ2v) is 36.8. The van der Waals surface area contributed by atoms with Crippen LogP contribution in [-0.2, 0) is 65.4 Å². The van der Waals surface area contributed by atoms with E-state index in [-0.39, 0.29) is 25.7 Å². The molecular formula is C89H174O17P2. The Bertz CT molecular complexity index is 2090. The molecule has 108 heavy (non-hydrogen) atoms. The molecule has 0 amide bonds. The first-order valence-corrected chi connectivity index (χ1v) is 48.7. The molecule has 19 heteroatoms. The van der Waals surface area contributed by atoms with Crippen molar-refractivity contribution in [3.05, 3.63) is 0 Å². The normalized spacial score (nSPS) is 13.9. The van der Waals surface area contributed by atoms with Crippen LogP contribution in [0.15, 0.2) is 0 Å². The van der Waals surface area contributed by atoms with Crippen LogP contribution in [0.3, 0.4) is 0 Å². The van der Waals surface area contributed by atoms with Gasteiger partial charge in [-0.05, 0) is 49.4 Å². The van der Waals surface area contributed by atoms with Crippen molar-refractivity contribution < 1.29 is 80.2 Å². The van der Waals surface area contributed by atoms with Crippen LogP contribution in [0.1, 0.15) is 466 Å². The molecule has 0 rings (SSSR count). The number of phosphoric acid groups is 2. The van der Waals surface area contributed by atoms with E-state index in [1.54, 1.807) is 0 Å². The van der Waals surface area contributed by atoms with Gasteiger partial charge in [0.2, 0.25) is 0 Å². The molecule has 0 saturated heterocycles. The van der Waals surface area contributed by atoms with Gasteiger partial charge in [0, 0.05) is 25.7 Å². The van der Waals surface area contributed by atoms with E-state index in [0.717, 1.165) is 114 Å². The largest absolute Gasteiger partial charge is 0.472 e. The van der Waals surface area contributed by atoms with E-state index in [1.165, 1.54) is 270 Å². The third kappa shape index (κ3) is 82.1. The average molecular weight is 1580 g/mol. The van der Waals surface area contributed by atoms with E-state index in [1.807, 2.05) is 0 Å². The van der Waals surface area contributed by atoms with E-state index < -0.39 is 97.5 Å². The number of aliphatic hydroxyl groups excluding tert-OH is 1. The second kappa shape index (κ2) is 77.6. The van der Waals surface area contributed by atoms with Gasteiger partial charge in [-0.2, -0.15) is 0 Å². The topological polar surface area (TPSA) is 237 Å². The first-order valence-electron chi connectivity index (χ1n) is 45.7. The molecular weight excluding hydrogens is 1400 g/mol. The fourth-order valence-electron chi connectivity index (χ4n) is 13.8. The van der Waals surface area contributed by atoms with Crippen molar-refractivity contribution >= 4 is 39.5 Å². The first kappa shape index (κ1) is 106. The number of phosphoric ester groups is 2. The molecule has 0 aromatic carbocycles. The molecule has 17 nitrogen and oxygen atoms in total. The molecule has 0 aliphatic carbocycles. The van der Waals surface area contributed by atoms with Gasteiger partial charge in [0.1, 0.15) is 19.3 Å². The number of aliphatic hydroxyl groups is 1. The van der Waals surface area contributed by atoms with Crippen molar-refractivity contribution in [1.82, 2.24) is 0 Å². The van der Waals surface area contributed by atoms with Gasteiger partial charge in [-0.3, -0.25) is 37.3 Å². The molecule has 5 atom stereocenters. The molecule has 2 unspecified atom stereocenters. The molecule has 642 valence electrons. The summed E-state index contributed by atoms with van der Waals surface area (Å²) in [6, 6.07) is 0. The fourth-order valence-corrected chi connectivity index (χ4v) is 15.4. The predicted molar refractivity (Wildman–Crippen MR) is 446 cm³/mol. The smallest absolute Gasteiger partial charge is 0.462 e. The molecule has 0 aliphatic heterocycles. The minimum atomic E-state index is -4.97. The quantitative estimate of drug-likeness (QED) is 0.0222. The predicted octanol–water partition coefficient (Wildman–Crippen LogP) is 27.1. The lowest BCUT2D eigenvalue weighted by Crippen LogP contribution is -2.30. The maximum absolute atomic E-state index is 13.2. The summed E-state index contributed by atoms with van der Waals surface area (Å²) in [6.45, 7) is 14.4. The Labute approximate surface area is 664 Å². The molecule has 0 aromatic rings. The summed E-state index contributed by atoms with van der Waals surface area (Å²) < 4.78 is 69.0. The highest BCUT2D eigenvalue weighted by molar-refractivity contribution is 7.47. The number of carbonyl (C=O) groups is 4. The SMILES string of the molecule is CC(C)CCCCCCCCCCCCCCCCCCCCC(=O)O[C@H](COC(=O)CCCCCCCCCCCCCCCCCC(C)C)COP(=O)(O)OC[C@@H](O)COP(=O)(O)OC[C@@H](COC(=O)CCCCCCCCCCCC(C)C)OC(=O)CCCCCCCCCCCCCCCCC(C)C. The molecule has 3 N–H and O–H groups in total. The number of hydrogen-bond donors (Lipinski definition) is 3. The number of ether oxygens (including phenoxy) is 4. The molecule has 0 spiro atoms. The summed E-state index contributed by atoms with van der Waals surface area (Å²) in [5, 5.41) is 10.7. The molecule has 0 aliphatic rings. The summed E-state index contributed by atoms with van der Waals surface area (Å²) in [5.74, 6) is 1.06. The zero-order valence-corrected chi connectivity index (χ0v) is 73.3. The van der Waals surface area contributed by atoms with E-state index in [2.05, 4.69) is 55.4 Å². The van der Waals surface area contributed by atoms with Crippen molar-refractivity contribution in [3.63, 3.8) is 0 Å². The Morgan fingerprint density at radius 2 is 0.389 bits per heavy atom. The van der Waals surface area contributed by atoms with Crippen molar-refractivity contribution in [1.29, 1.82) is 0 Å². The van der Waals surface area contributed by atoms with Crippen LogP contribution in [-0.4, -0.2) is 96.7 Å². The van der Waals surface area contributed by atoms with Crippen molar-refractivity contribution in [2.24, 2.45) is 23.7 Å². The molecule has 0 heterocycles. The van der Waals surface area contributed by atoms with Crippen LogP contribution in [0.2, 0.25) is 0 Å². The van der Waals surface area contributed by atoms with E-state index in [0.29, 0.717) is 25.7 Å². The number of carbonyl (C=O) groups excluding carboxylic acids is 4. The van der Waals surface area contributed by atoms with Crippen molar-refractivity contribution in [2.75, 3.05) is 39.6 Å². The Hall–Kier alpha value is -1.94. The Kier molecular flexibility index (Phi) is 76.2. The number of hydrogen-bond acceptors (Lipinski definition) is 15. The third-order valence-electron chi connectivity index (χ3n) is 20.8. The van der Waals surface area contributed by atoms with Crippen LogP contribution < -0.4 is 0 Å². The monoisotopic (exact) mass is 1580 g/mol. The average Bonchev–Trinajstić information content (AvgIpc) is 0.904. The van der Waals surface area contributed by atoms with Crippen LogP contribution in [0.25, 0.3) is 0 Å². The van der Waals surface area contributed by atoms with Crippen LogP contribution in [0.4, 0.5) is 0 Å². The van der Waals surface area contributed by atoms with Gasteiger partial charge in [0.05, 0.1) is 26.4 Å². The highest BCUT2D eigenvalue weighted by atomic mass is 31.2. The maximum atomic E-state index is 13.2. The highest BCUT2D eigenvalue weighted by Gasteiger charge is 2.31. The van der Waals surface area contributed by atoms with E-state index in [4.69, 9.17) is 37.0 Å².